The van der Waals surface area contributed by atoms with Crippen molar-refractivity contribution in [3.8, 4) is 0 Å². The summed E-state index contributed by atoms with van der Waals surface area (Å²) in [5.41, 5.74) is 0. The van der Waals surface area contributed by atoms with Crippen molar-refractivity contribution >= 4 is 0 Å². The van der Waals surface area contributed by atoms with E-state index in [0.717, 1.165) is 0 Å². The van der Waals surface area contributed by atoms with Crippen molar-refractivity contribution in [3.05, 3.63) is 6.92 Å². The average molecular weight is 829 g/mol. The molecule has 0 saturated heterocycles. The zero-order valence-electron chi connectivity index (χ0n) is 6.90. The summed E-state index contributed by atoms with van der Waals surface area (Å²) in [6.07, 6.45) is 0. The topological polar surface area (TPSA) is 0 Å². The van der Waals surface area contributed by atoms with Gasteiger partial charge in [0.2, 0.25) is 0 Å². The van der Waals surface area contributed by atoms with E-state index in [2.05, 4.69) is 6.92 Å². The molecule has 0 aliphatic heterocycles. The van der Waals surface area contributed by atoms with E-state index < -0.39 is 0 Å². The molecule has 0 aliphatic carbocycles. The van der Waals surface area contributed by atoms with Crippen molar-refractivity contribution in [2.45, 2.75) is 6.92 Å². The monoisotopic (exact) mass is 829 g/mol. The molecule has 41 valence electrons. The summed E-state index contributed by atoms with van der Waals surface area (Å²) in [5, 5.41) is 0. The third-order valence-electron chi connectivity index (χ3n) is 0. The molecule has 0 bridgehead atoms. The van der Waals surface area contributed by atoms with Gasteiger partial charge in [0.15, 0.2) is 0 Å². The van der Waals surface area contributed by atoms with E-state index in [4.69, 9.17) is 0 Å². The van der Waals surface area contributed by atoms with E-state index >= 15 is 0 Å². The maximum Gasteiger partial charge on any atom is 0 e. The van der Waals surface area contributed by atoms with E-state index in [9.17, 15) is 0 Å². The van der Waals surface area contributed by atoms with E-state index in [-0.39, 0.29) is 294 Å². The van der Waals surface area contributed by atoms with Crippen LogP contribution in [0.15, 0.2) is 0 Å². The maximum atomic E-state index is 3.25. The largest absolute Gasteiger partial charge is 0.346 e. The SMILES string of the molecule is [CH2-]C.[Y].[Y].[Y].[Y].[Y].[Y].[Y].[Y].[Y]. The molecule has 9 radical (unpaired) electrons. The molecule has 0 unspecified atom stereocenters. The van der Waals surface area contributed by atoms with Crippen molar-refractivity contribution in [2.75, 3.05) is 0 Å². The first-order chi connectivity index (χ1) is 1.00. The van der Waals surface area contributed by atoms with Crippen LogP contribution in [-0.4, -0.2) is 0 Å². The van der Waals surface area contributed by atoms with Crippen molar-refractivity contribution in [1.82, 2.24) is 0 Å². The third-order valence-corrected chi connectivity index (χ3v) is 0. The fourth-order valence-electron chi connectivity index (χ4n) is 0. The van der Waals surface area contributed by atoms with E-state index in [1.54, 1.807) is 6.92 Å². The van der Waals surface area contributed by atoms with Crippen molar-refractivity contribution in [1.29, 1.82) is 0 Å². The molecule has 0 nitrogen and oxygen atoms in total. The Bertz CT molecular complexity index is 7.52. The standard InChI is InChI=1S/C2H5.9Y/c1-2;;;;;;;;;/h1H2,2H3;;;;;;;;;/q-1;;;;;;;;;. The first-order valence-electron chi connectivity index (χ1n) is 0.707. The quantitative estimate of drug-likeness (QED) is 0.318. The molecule has 0 spiro atoms. The summed E-state index contributed by atoms with van der Waals surface area (Å²) in [4.78, 5) is 0. The van der Waals surface area contributed by atoms with Gasteiger partial charge in [-0.3, -0.25) is 0 Å². The molecule has 0 aromatic heterocycles. The number of hydrogen-bond acceptors (Lipinski definition) is 0. The maximum absolute atomic E-state index is 3.25. The Kier molecular flexibility index (Phi) is 458. The molecule has 11 heavy (non-hydrogen) atoms. The van der Waals surface area contributed by atoms with E-state index in [1.165, 1.54) is 0 Å². The summed E-state index contributed by atoms with van der Waals surface area (Å²) >= 11 is 0. The number of hydrogen-bond donors (Lipinski definition) is 0. The van der Waals surface area contributed by atoms with Gasteiger partial charge in [0, 0.05) is 294 Å². The number of rotatable bonds is 0. The third kappa shape index (κ3) is 65.0. The second kappa shape index (κ2) is 72.4. The normalized spacial score (nSPS) is 0.545. The minimum absolute atomic E-state index is 0. The minimum atomic E-state index is 0. The molecular formula is C2H5Y9-. The summed E-state index contributed by atoms with van der Waals surface area (Å²) < 4.78 is 0. The predicted octanol–water partition coefficient (Wildman–Crippen LogP) is 0.818. The van der Waals surface area contributed by atoms with Crippen LogP contribution in [0.5, 0.6) is 0 Å². The van der Waals surface area contributed by atoms with Crippen LogP contribution in [0.25, 0.3) is 0 Å². The molecule has 0 amide bonds. The Hall–Kier alpha value is 9.94. The molecule has 0 aliphatic rings. The molecule has 0 saturated carbocycles. The Labute approximate surface area is 298 Å². The predicted molar refractivity (Wildman–Crippen MR) is 11.0 cm³/mol. The summed E-state index contributed by atoms with van der Waals surface area (Å²) in [5.74, 6) is 0. The molecule has 0 heterocycles. The van der Waals surface area contributed by atoms with Crippen LogP contribution in [0, 0.1) is 6.92 Å². The zero-order valence-corrected chi connectivity index (χ0v) is 32.4. The van der Waals surface area contributed by atoms with Crippen LogP contribution < -0.4 is 0 Å². The molecule has 0 rings (SSSR count). The van der Waals surface area contributed by atoms with Gasteiger partial charge in [0.25, 0.3) is 0 Å². The molecule has 0 atom stereocenters. The van der Waals surface area contributed by atoms with Crippen LogP contribution in [0.4, 0.5) is 0 Å². The second-order valence-electron chi connectivity index (χ2n) is 0. The first-order valence-corrected chi connectivity index (χ1v) is 0.707. The summed E-state index contributed by atoms with van der Waals surface area (Å²) in [6, 6.07) is 0. The summed E-state index contributed by atoms with van der Waals surface area (Å²) in [6.45, 7) is 5.00. The van der Waals surface area contributed by atoms with Gasteiger partial charge in [-0.15, -0.1) is 0 Å². The van der Waals surface area contributed by atoms with Gasteiger partial charge in [-0.05, 0) is 0 Å². The molecule has 9 heteroatoms. The average Bonchev–Trinajstić information content (AvgIpc) is 1.00. The van der Waals surface area contributed by atoms with Gasteiger partial charge in [0.1, 0.15) is 0 Å². The van der Waals surface area contributed by atoms with Gasteiger partial charge < -0.3 is 6.92 Å². The van der Waals surface area contributed by atoms with Gasteiger partial charge >= 0.3 is 0 Å². The van der Waals surface area contributed by atoms with E-state index in [1.807, 2.05) is 0 Å². The molecular weight excluding hydrogens is 824 g/mol. The van der Waals surface area contributed by atoms with Crippen LogP contribution >= 0.6 is 0 Å². The fraction of sp³-hybridized carbons (Fsp3) is 0.500. The van der Waals surface area contributed by atoms with E-state index in [0.29, 0.717) is 0 Å². The van der Waals surface area contributed by atoms with Gasteiger partial charge in [0.05, 0.1) is 0 Å². The molecule has 0 fully saturated rings. The van der Waals surface area contributed by atoms with Crippen LogP contribution in [-0.2, 0) is 294 Å². The van der Waals surface area contributed by atoms with Crippen LogP contribution in [0.2, 0.25) is 0 Å². The fourth-order valence-corrected chi connectivity index (χ4v) is 0. The second-order valence-corrected chi connectivity index (χ2v) is 0. The minimum Gasteiger partial charge on any atom is -0.346 e. The zero-order chi connectivity index (χ0) is 2.00. The Morgan fingerprint density at radius 2 is 0.364 bits per heavy atom. The van der Waals surface area contributed by atoms with Gasteiger partial charge in [-0.2, -0.15) is 6.92 Å². The Morgan fingerprint density at radius 1 is 0.364 bits per heavy atom. The Balaban J connectivity index is -0.000000000139. The summed E-state index contributed by atoms with van der Waals surface area (Å²) in [7, 11) is 0. The molecule has 0 aromatic carbocycles. The van der Waals surface area contributed by atoms with Crippen LogP contribution in [0.1, 0.15) is 6.92 Å². The van der Waals surface area contributed by atoms with Crippen molar-refractivity contribution in [3.63, 3.8) is 0 Å². The van der Waals surface area contributed by atoms with Gasteiger partial charge in [-0.25, -0.2) is 0 Å². The van der Waals surface area contributed by atoms with Crippen LogP contribution in [0.3, 0.4) is 0 Å². The van der Waals surface area contributed by atoms with Crippen molar-refractivity contribution in [2.24, 2.45) is 0 Å². The Morgan fingerprint density at radius 3 is 0.364 bits per heavy atom. The first kappa shape index (κ1) is 69.6. The smallest absolute Gasteiger partial charge is 0 e. The van der Waals surface area contributed by atoms with Gasteiger partial charge in [-0.1, -0.05) is 0 Å². The molecule has 0 aromatic rings. The molecule has 0 N–H and O–H groups in total. The van der Waals surface area contributed by atoms with Crippen molar-refractivity contribution < 1.29 is 294 Å².